The van der Waals surface area contributed by atoms with E-state index in [2.05, 4.69) is 15.5 Å². The predicted octanol–water partition coefficient (Wildman–Crippen LogP) is 4.01. The number of carbonyl (C=O) groups excluding carboxylic acids is 1. The fourth-order valence-corrected chi connectivity index (χ4v) is 3.67. The van der Waals surface area contributed by atoms with E-state index >= 15 is 0 Å². The molecule has 0 radical (unpaired) electrons. The van der Waals surface area contributed by atoms with Crippen molar-refractivity contribution in [3.63, 3.8) is 0 Å². The van der Waals surface area contributed by atoms with Crippen molar-refractivity contribution in [2.75, 3.05) is 12.4 Å². The van der Waals surface area contributed by atoms with Crippen LogP contribution >= 0.6 is 11.6 Å². The molecule has 0 aliphatic carbocycles. The van der Waals surface area contributed by atoms with Gasteiger partial charge in [0, 0.05) is 10.4 Å². The maximum atomic E-state index is 13.3. The maximum absolute atomic E-state index is 13.3. The minimum Gasteiger partial charge on any atom is -0.495 e. The Kier molecular flexibility index (Phi) is 5.96. The molecule has 1 amide bonds. The summed E-state index contributed by atoms with van der Waals surface area (Å²) in [4.78, 5) is 26.1. The Morgan fingerprint density at radius 1 is 1.19 bits per heavy atom. The lowest BCUT2D eigenvalue weighted by atomic mass is 10.1. The number of hydrogen-bond acceptors (Lipinski definition) is 5. The number of aromatic nitrogens is 4. The second kappa shape index (κ2) is 8.84. The number of carbonyl (C=O) groups is 1. The summed E-state index contributed by atoms with van der Waals surface area (Å²) in [5.41, 5.74) is 1.83. The number of halogens is 1. The number of benzene rings is 2. The summed E-state index contributed by atoms with van der Waals surface area (Å²) >= 11 is 6.04. The molecular weight excluding hydrogens is 430 g/mol. The van der Waals surface area contributed by atoms with Crippen LogP contribution < -0.4 is 15.6 Å². The van der Waals surface area contributed by atoms with E-state index in [1.54, 1.807) is 29.1 Å². The first-order valence-electron chi connectivity index (χ1n) is 10.1. The second-order valence-corrected chi connectivity index (χ2v) is 7.99. The summed E-state index contributed by atoms with van der Waals surface area (Å²) in [6.45, 7) is 3.69. The summed E-state index contributed by atoms with van der Waals surface area (Å²) in [5, 5.41) is 12.8. The number of rotatable bonds is 6. The average molecular weight is 452 g/mol. The van der Waals surface area contributed by atoms with E-state index in [1.165, 1.54) is 11.8 Å². The number of anilines is 1. The Labute approximate surface area is 189 Å². The van der Waals surface area contributed by atoms with Crippen molar-refractivity contribution in [2.45, 2.75) is 26.3 Å². The monoisotopic (exact) mass is 451 g/mol. The zero-order chi connectivity index (χ0) is 22.8. The lowest BCUT2D eigenvalue weighted by Crippen LogP contribution is -2.31. The number of nitrogens with one attached hydrogen (secondary N) is 1. The number of ether oxygens (including phenoxy) is 1. The van der Waals surface area contributed by atoms with Gasteiger partial charge in [0.05, 0.1) is 30.4 Å². The predicted molar refractivity (Wildman–Crippen MR) is 124 cm³/mol. The summed E-state index contributed by atoms with van der Waals surface area (Å²) in [5.74, 6) is 0.0531. The van der Waals surface area contributed by atoms with Crippen molar-refractivity contribution in [1.29, 1.82) is 0 Å². The van der Waals surface area contributed by atoms with Gasteiger partial charge in [-0.1, -0.05) is 43.6 Å². The van der Waals surface area contributed by atoms with Crippen molar-refractivity contribution in [3.05, 3.63) is 75.8 Å². The van der Waals surface area contributed by atoms with Crippen LogP contribution in [-0.2, 0) is 11.3 Å². The Hall–Kier alpha value is -3.65. The fraction of sp³-hybridized carbons (Fsp3) is 0.217. The van der Waals surface area contributed by atoms with E-state index in [0.29, 0.717) is 33.1 Å². The van der Waals surface area contributed by atoms with Crippen LogP contribution in [0.1, 0.15) is 25.5 Å². The van der Waals surface area contributed by atoms with Crippen LogP contribution in [0, 0.1) is 0 Å². The molecule has 0 atom stereocenters. The first-order valence-corrected chi connectivity index (χ1v) is 10.4. The molecule has 0 bridgehead atoms. The lowest BCUT2D eigenvalue weighted by molar-refractivity contribution is -0.117. The molecule has 9 heteroatoms. The van der Waals surface area contributed by atoms with Gasteiger partial charge in [0.15, 0.2) is 0 Å². The second-order valence-electron chi connectivity index (χ2n) is 7.55. The summed E-state index contributed by atoms with van der Waals surface area (Å²) in [6.07, 6.45) is 1.65. The van der Waals surface area contributed by atoms with E-state index < -0.39 is 11.5 Å². The minimum absolute atomic E-state index is 0.0221. The van der Waals surface area contributed by atoms with Crippen molar-refractivity contribution in [3.8, 4) is 11.4 Å². The molecule has 0 saturated heterocycles. The number of nitrogens with zero attached hydrogens (tertiary/aromatic N) is 4. The highest BCUT2D eigenvalue weighted by Gasteiger charge is 2.20. The van der Waals surface area contributed by atoms with Gasteiger partial charge in [-0.25, -0.2) is 9.36 Å². The highest BCUT2D eigenvalue weighted by molar-refractivity contribution is 6.31. The zero-order valence-electron chi connectivity index (χ0n) is 17.9. The van der Waals surface area contributed by atoms with E-state index in [1.807, 2.05) is 44.2 Å². The molecule has 32 heavy (non-hydrogen) atoms. The third-order valence-electron chi connectivity index (χ3n) is 4.99. The number of amides is 1. The molecule has 0 saturated carbocycles. The van der Waals surface area contributed by atoms with Gasteiger partial charge in [-0.3, -0.25) is 9.59 Å². The Morgan fingerprint density at radius 2 is 1.94 bits per heavy atom. The molecule has 4 rings (SSSR count). The molecule has 0 spiro atoms. The van der Waals surface area contributed by atoms with E-state index in [-0.39, 0.29) is 12.5 Å². The van der Waals surface area contributed by atoms with Crippen LogP contribution in [0.15, 0.2) is 59.5 Å². The zero-order valence-corrected chi connectivity index (χ0v) is 18.6. The van der Waals surface area contributed by atoms with Crippen molar-refractivity contribution < 1.29 is 9.53 Å². The van der Waals surface area contributed by atoms with Gasteiger partial charge in [-0.2, -0.15) is 10.2 Å². The SMILES string of the molecule is COc1ccc(Cl)cc1NC(=O)Cn1nc(C(C)C)c2cnn(-c3ccccc3)c2c1=O. The van der Waals surface area contributed by atoms with Gasteiger partial charge in [0.2, 0.25) is 5.91 Å². The highest BCUT2D eigenvalue weighted by Crippen LogP contribution is 2.28. The van der Waals surface area contributed by atoms with E-state index in [0.717, 1.165) is 5.69 Å². The molecule has 0 fully saturated rings. The molecule has 0 unspecified atom stereocenters. The summed E-state index contributed by atoms with van der Waals surface area (Å²) in [6, 6.07) is 14.3. The smallest absolute Gasteiger partial charge is 0.293 e. The molecule has 2 aromatic carbocycles. The summed E-state index contributed by atoms with van der Waals surface area (Å²) in [7, 11) is 1.50. The third kappa shape index (κ3) is 4.09. The van der Waals surface area contributed by atoms with Crippen molar-refractivity contribution in [1.82, 2.24) is 19.6 Å². The molecule has 0 aliphatic heterocycles. The van der Waals surface area contributed by atoms with Crippen LogP contribution in [0.3, 0.4) is 0 Å². The number of fused-ring (bicyclic) bond motifs is 1. The van der Waals surface area contributed by atoms with Crippen LogP contribution in [0.5, 0.6) is 5.75 Å². The molecule has 2 heterocycles. The molecule has 8 nitrogen and oxygen atoms in total. The Balaban J connectivity index is 1.76. The van der Waals surface area contributed by atoms with E-state index in [9.17, 15) is 9.59 Å². The standard InChI is InChI=1S/C23H22ClN5O3/c1-14(2)21-17-12-25-29(16-7-5-4-6-8-16)22(17)23(31)28(27-21)13-20(30)26-18-11-15(24)9-10-19(18)32-3/h4-12,14H,13H2,1-3H3,(H,26,30). The normalized spacial score (nSPS) is 11.2. The van der Waals surface area contributed by atoms with Gasteiger partial charge >= 0.3 is 0 Å². The first-order chi connectivity index (χ1) is 15.4. The Bertz CT molecular complexity index is 1350. The van der Waals surface area contributed by atoms with Gasteiger partial charge in [-0.15, -0.1) is 0 Å². The van der Waals surface area contributed by atoms with Gasteiger partial charge in [0.25, 0.3) is 5.56 Å². The van der Waals surface area contributed by atoms with Gasteiger partial charge in [-0.05, 0) is 36.2 Å². The maximum Gasteiger partial charge on any atom is 0.293 e. The molecule has 1 N–H and O–H groups in total. The number of para-hydroxylation sites is 1. The summed E-state index contributed by atoms with van der Waals surface area (Å²) < 4.78 is 8.02. The van der Waals surface area contributed by atoms with Gasteiger partial charge in [0.1, 0.15) is 17.8 Å². The molecule has 0 aliphatic rings. The molecule has 164 valence electrons. The Morgan fingerprint density at radius 3 is 2.62 bits per heavy atom. The minimum atomic E-state index is -0.431. The lowest BCUT2D eigenvalue weighted by Gasteiger charge is -2.13. The quantitative estimate of drug-likeness (QED) is 0.478. The molecule has 4 aromatic rings. The molecule has 2 aromatic heterocycles. The van der Waals surface area contributed by atoms with Crippen molar-refractivity contribution >= 4 is 34.1 Å². The highest BCUT2D eigenvalue weighted by atomic mass is 35.5. The first kappa shape index (κ1) is 21.6. The van der Waals surface area contributed by atoms with Crippen LogP contribution in [0.4, 0.5) is 5.69 Å². The molecular formula is C23H22ClN5O3. The fourth-order valence-electron chi connectivity index (χ4n) is 3.50. The number of methoxy groups -OCH3 is 1. The van der Waals surface area contributed by atoms with Crippen LogP contribution in [0.25, 0.3) is 16.6 Å². The average Bonchev–Trinajstić information content (AvgIpc) is 3.22. The topological polar surface area (TPSA) is 91.0 Å². The van der Waals surface area contributed by atoms with E-state index in [4.69, 9.17) is 16.3 Å². The third-order valence-corrected chi connectivity index (χ3v) is 5.22. The van der Waals surface area contributed by atoms with Crippen LogP contribution in [0.2, 0.25) is 5.02 Å². The number of hydrogen-bond donors (Lipinski definition) is 1. The van der Waals surface area contributed by atoms with Crippen LogP contribution in [-0.4, -0.2) is 32.6 Å². The largest absolute Gasteiger partial charge is 0.495 e. The van der Waals surface area contributed by atoms with Crippen molar-refractivity contribution in [2.24, 2.45) is 0 Å². The van der Waals surface area contributed by atoms with Gasteiger partial charge < -0.3 is 10.1 Å².